The minimum absolute atomic E-state index is 0.0754. The van der Waals surface area contributed by atoms with Crippen molar-refractivity contribution in [3.8, 4) is 5.75 Å². The summed E-state index contributed by atoms with van der Waals surface area (Å²) in [7, 11) is 0. The van der Waals surface area contributed by atoms with Crippen molar-refractivity contribution in [2.24, 2.45) is 40.7 Å². The number of hydrogen-bond donors (Lipinski definition) is 24. The number of hydrogen-bond acceptors (Lipinski definition) is 24. The van der Waals surface area contributed by atoms with Crippen molar-refractivity contribution in [1.29, 1.82) is 0 Å². The first-order chi connectivity index (χ1) is 45.1. The Labute approximate surface area is 550 Å². The van der Waals surface area contributed by atoms with E-state index in [4.69, 9.17) is 22.9 Å². The normalized spacial score (nSPS) is 25.7. The van der Waals surface area contributed by atoms with Gasteiger partial charge in [-0.1, -0.05) is 25.0 Å². The van der Waals surface area contributed by atoms with Crippen LogP contribution in [-0.4, -0.2) is 252 Å². The number of aliphatic hydroxyl groups is 10. The van der Waals surface area contributed by atoms with Crippen LogP contribution in [0.25, 0.3) is 0 Å². The maximum absolute atomic E-state index is 13.8. The van der Waals surface area contributed by atoms with Crippen molar-refractivity contribution >= 4 is 59.1 Å². The molecule has 0 radical (unpaired) electrons. The second-order valence-corrected chi connectivity index (χ2v) is 25.4. The third-order valence-electron chi connectivity index (χ3n) is 17.3. The molecule has 0 saturated heterocycles. The summed E-state index contributed by atoms with van der Waals surface area (Å²) in [5.74, 6) is -10.9. The van der Waals surface area contributed by atoms with E-state index in [9.17, 15) is 104 Å². The van der Waals surface area contributed by atoms with Gasteiger partial charge in [0.25, 0.3) is 0 Å². The number of aliphatic hydroxyl groups excluding tert-OH is 10. The number of primary amides is 1. The molecule has 0 heterocycles. The number of nitrogens with one attached hydrogen (secondary N) is 9. The molecule has 4 rings (SSSR count). The Kier molecular flexibility index (Phi) is 35.1. The summed E-state index contributed by atoms with van der Waals surface area (Å²) in [6, 6.07) is -4.07. The fraction of sp³-hybridized carbons (Fsp3) is 0.738. The summed E-state index contributed by atoms with van der Waals surface area (Å²) >= 11 is 0. The van der Waals surface area contributed by atoms with E-state index in [1.54, 1.807) is 12.1 Å². The molecular weight excluding hydrogens is 1250 g/mol. The highest BCUT2D eigenvalue weighted by atomic mass is 16.3. The van der Waals surface area contributed by atoms with Crippen LogP contribution >= 0.6 is 0 Å². The SMILES string of the molecule is NCCCC[C@H](CC(=O)N[C@@H]1C[C@H](O)[C@@H](O)C[C@H]1C(=O)N[C@H](CO)CC(=O)N[C@H](CO)CC(=O)N[C@@H]1C[C@H](O)[C@@H](O)C[C@H]1C(=O)N[C@H](CO)CC(=O)N[C@H](CO)CC(=O)N[C@@H]1C[C@H](O)[C@@H](O)C[C@H]1C(=O)N[C@H](CCCCN)CC(N)=O)NC(=O)C[C@H](N)Cc1ccc(O)cc1. The highest BCUT2D eigenvalue weighted by molar-refractivity contribution is 5.87. The number of amides is 10. The Morgan fingerprint density at radius 1 is 0.400 bits per heavy atom. The Balaban J connectivity index is 1.30. The molecule has 0 spiro atoms. The number of benzene rings is 1. The van der Waals surface area contributed by atoms with E-state index >= 15 is 0 Å². The van der Waals surface area contributed by atoms with Crippen molar-refractivity contribution in [1.82, 2.24) is 47.9 Å². The summed E-state index contributed by atoms with van der Waals surface area (Å²) in [5, 5.41) is 137. The second kappa shape index (κ2) is 41.3. The van der Waals surface area contributed by atoms with Crippen molar-refractivity contribution in [2.75, 3.05) is 39.5 Å². The predicted molar refractivity (Wildman–Crippen MR) is 337 cm³/mol. The summed E-state index contributed by atoms with van der Waals surface area (Å²) in [6.07, 6.45) is -9.79. The largest absolute Gasteiger partial charge is 0.508 e. The lowest BCUT2D eigenvalue weighted by atomic mass is 9.80. The van der Waals surface area contributed by atoms with Crippen LogP contribution in [0.1, 0.15) is 128 Å². The van der Waals surface area contributed by atoms with Crippen LogP contribution in [-0.2, 0) is 54.4 Å². The van der Waals surface area contributed by atoms with Crippen LogP contribution in [0.3, 0.4) is 0 Å². The zero-order chi connectivity index (χ0) is 70.5. The number of unbranched alkanes of at least 4 members (excludes halogenated alkanes) is 2. The van der Waals surface area contributed by atoms with Gasteiger partial charge in [0.15, 0.2) is 0 Å². The third kappa shape index (κ3) is 28.4. The van der Waals surface area contributed by atoms with Gasteiger partial charge in [0.2, 0.25) is 59.1 Å². The lowest BCUT2D eigenvalue weighted by molar-refractivity contribution is -0.136. The molecule has 0 aliphatic heterocycles. The Bertz CT molecular complexity index is 2630. The first kappa shape index (κ1) is 80.6. The number of aromatic hydroxyl groups is 1. The van der Waals surface area contributed by atoms with Crippen LogP contribution in [0.2, 0.25) is 0 Å². The first-order valence-electron chi connectivity index (χ1n) is 32.5. The molecule has 0 bridgehead atoms. The number of carbonyl (C=O) groups excluding carboxylic acids is 10. The van der Waals surface area contributed by atoms with E-state index in [-0.39, 0.29) is 57.1 Å². The molecule has 95 heavy (non-hydrogen) atoms. The molecule has 0 unspecified atom stereocenters. The van der Waals surface area contributed by atoms with E-state index in [1.165, 1.54) is 12.1 Å². The molecule has 34 heteroatoms. The summed E-state index contributed by atoms with van der Waals surface area (Å²) in [6.45, 7) is -2.51. The number of phenolic OH excluding ortho intramolecular Hbond substituents is 1. The molecule has 28 N–H and O–H groups in total. The maximum Gasteiger partial charge on any atom is 0.225 e. The third-order valence-corrected chi connectivity index (χ3v) is 17.3. The monoisotopic (exact) mass is 1350 g/mol. The minimum atomic E-state index is -1.47. The highest BCUT2D eigenvalue weighted by Crippen LogP contribution is 2.30. The van der Waals surface area contributed by atoms with Crippen molar-refractivity contribution in [3.63, 3.8) is 0 Å². The first-order valence-corrected chi connectivity index (χ1v) is 32.5. The molecule has 3 aliphatic carbocycles. The summed E-state index contributed by atoms with van der Waals surface area (Å²) < 4.78 is 0. The smallest absolute Gasteiger partial charge is 0.225 e. The van der Waals surface area contributed by atoms with Gasteiger partial charge in [0, 0.05) is 81.2 Å². The minimum Gasteiger partial charge on any atom is -0.508 e. The summed E-state index contributed by atoms with van der Waals surface area (Å²) in [4.78, 5) is 133. The van der Waals surface area contributed by atoms with Gasteiger partial charge < -0.3 is 127 Å². The van der Waals surface area contributed by atoms with Gasteiger partial charge in [0.05, 0.1) is 105 Å². The van der Waals surface area contributed by atoms with Crippen molar-refractivity contribution in [3.05, 3.63) is 29.8 Å². The molecular formula is C61H103N13O21. The average molecular weight is 1350 g/mol. The molecule has 1 aromatic carbocycles. The molecule has 34 nitrogen and oxygen atoms in total. The molecule has 3 aliphatic rings. The van der Waals surface area contributed by atoms with Gasteiger partial charge >= 0.3 is 0 Å². The van der Waals surface area contributed by atoms with Gasteiger partial charge in [-0.15, -0.1) is 0 Å². The van der Waals surface area contributed by atoms with Crippen molar-refractivity contribution in [2.45, 2.75) is 225 Å². The zero-order valence-corrected chi connectivity index (χ0v) is 53.5. The van der Waals surface area contributed by atoms with Crippen LogP contribution in [0.5, 0.6) is 5.75 Å². The molecule has 10 amide bonds. The van der Waals surface area contributed by atoms with Crippen molar-refractivity contribution < 1.29 is 104 Å². The lowest BCUT2D eigenvalue weighted by Gasteiger charge is -2.37. The van der Waals surface area contributed by atoms with Crippen LogP contribution < -0.4 is 70.8 Å². The fourth-order valence-corrected chi connectivity index (χ4v) is 12.2. The molecule has 3 fully saturated rings. The Hall–Kier alpha value is -6.80. The predicted octanol–water partition coefficient (Wildman–Crippen LogP) is -8.54. The summed E-state index contributed by atoms with van der Waals surface area (Å²) in [5.41, 5.74) is 23.7. The number of carbonyl (C=O) groups is 10. The van der Waals surface area contributed by atoms with Crippen LogP contribution in [0.4, 0.5) is 0 Å². The van der Waals surface area contributed by atoms with Gasteiger partial charge in [-0.25, -0.2) is 0 Å². The number of phenols is 1. The number of nitrogens with two attached hydrogens (primary N) is 4. The van der Waals surface area contributed by atoms with Crippen LogP contribution in [0.15, 0.2) is 24.3 Å². The quantitative estimate of drug-likeness (QED) is 0.0271. The van der Waals surface area contributed by atoms with E-state index in [2.05, 4.69) is 47.9 Å². The molecule has 538 valence electrons. The Morgan fingerprint density at radius 3 is 1.04 bits per heavy atom. The van der Waals surface area contributed by atoms with E-state index in [0.717, 1.165) is 5.56 Å². The van der Waals surface area contributed by atoms with Gasteiger partial charge in [-0.3, -0.25) is 47.9 Å². The molecule has 1 aromatic rings. The molecule has 3 saturated carbocycles. The zero-order valence-electron chi connectivity index (χ0n) is 53.5. The van der Waals surface area contributed by atoms with E-state index < -0.39 is 232 Å². The van der Waals surface area contributed by atoms with Gasteiger partial charge in [0.1, 0.15) is 5.75 Å². The molecule has 19 atom stereocenters. The van der Waals surface area contributed by atoms with Gasteiger partial charge in [-0.2, -0.15) is 0 Å². The van der Waals surface area contributed by atoms with Gasteiger partial charge in [-0.05, 0) is 101 Å². The Morgan fingerprint density at radius 2 is 0.695 bits per heavy atom. The number of rotatable bonds is 40. The lowest BCUT2D eigenvalue weighted by Crippen LogP contribution is -2.57. The molecule has 0 aromatic heterocycles. The van der Waals surface area contributed by atoms with Crippen LogP contribution in [0, 0.1) is 17.8 Å². The maximum atomic E-state index is 13.8. The van der Waals surface area contributed by atoms with E-state index in [1.807, 2.05) is 0 Å². The fourth-order valence-electron chi connectivity index (χ4n) is 12.2. The standard InChI is InChI=1S/C61H103N13O21/c62-11-3-1-5-33(15-52(65)86)69-59(93)40-21-46(80)49(83)24-43(40)73-57(91)17-35(27-75)67-55(89)20-38(30-78)71-61(95)42-23-48(82)51(85)26-45(42)74-58(92)18-36(28-76)68-54(88)19-37(29-77)70-60(94)41-22-47(81)50(84)25-44(41)72-56(90)16-34(6-2-4-12-63)66-53(87)14-32(64)13-31-7-9-39(79)10-8-31/h7-10,32-38,40-51,75-85H,1-6,11-30,62-64H2,(H2,65,86)(H,66,87)(H,67,89)(H,68,88)(H,69,93)(H,70,94)(H,71,95)(H,72,90)(H,73,91)(H,74,92)/t32-,33-,34-,35+,36+,37+,38+,40-,41-,42-,43-,44-,45-,46+,47+,48+,49+,50+,51+/m1/s1. The second-order valence-electron chi connectivity index (χ2n) is 25.4. The average Bonchev–Trinajstić information content (AvgIpc) is 0.867. The highest BCUT2D eigenvalue weighted by Gasteiger charge is 2.44. The topological polar surface area (TPSA) is 606 Å². The van der Waals surface area contributed by atoms with E-state index in [0.29, 0.717) is 58.0 Å².